The summed E-state index contributed by atoms with van der Waals surface area (Å²) in [6.45, 7) is 12.5. The van der Waals surface area contributed by atoms with Gasteiger partial charge in [-0.3, -0.25) is 0 Å². The SMILES string of the molecule is CCOC(=O)/C=C(/C(=O)OCC)N1C(C)C(C(=O)OCC)=C(C(=O)OCC)N(CC)C1C. The van der Waals surface area contributed by atoms with Crippen molar-refractivity contribution < 1.29 is 38.1 Å². The van der Waals surface area contributed by atoms with Gasteiger partial charge < -0.3 is 28.7 Å². The molecule has 1 heterocycles. The molecule has 0 N–H and O–H groups in total. The third kappa shape index (κ3) is 6.02. The summed E-state index contributed by atoms with van der Waals surface area (Å²) < 4.78 is 20.5. The highest BCUT2D eigenvalue weighted by Crippen LogP contribution is 2.34. The molecular formula is C22H34N2O8. The number of likely N-dealkylation sites (N-methyl/N-ethyl adjacent to an activating group) is 1. The van der Waals surface area contributed by atoms with Crippen LogP contribution in [0.2, 0.25) is 0 Å². The summed E-state index contributed by atoms with van der Waals surface area (Å²) in [5.74, 6) is -2.85. The maximum atomic E-state index is 12.9. The minimum Gasteiger partial charge on any atom is -0.463 e. The molecule has 0 radical (unpaired) electrons. The average molecular weight is 455 g/mol. The molecule has 180 valence electrons. The molecule has 10 heteroatoms. The molecule has 0 aromatic heterocycles. The van der Waals surface area contributed by atoms with Crippen LogP contribution in [0.25, 0.3) is 0 Å². The van der Waals surface area contributed by atoms with Crippen LogP contribution in [0.15, 0.2) is 23.0 Å². The number of carbonyl (C=O) groups is 4. The van der Waals surface area contributed by atoms with Crippen molar-refractivity contribution in [3.63, 3.8) is 0 Å². The molecule has 10 nitrogen and oxygen atoms in total. The summed E-state index contributed by atoms with van der Waals surface area (Å²) >= 11 is 0. The zero-order valence-corrected chi connectivity index (χ0v) is 19.9. The van der Waals surface area contributed by atoms with Gasteiger partial charge in [-0.1, -0.05) is 0 Å². The number of nitrogens with zero attached hydrogens (tertiary/aromatic N) is 2. The molecule has 1 aliphatic heterocycles. The second kappa shape index (κ2) is 12.7. The molecular weight excluding hydrogens is 420 g/mol. The van der Waals surface area contributed by atoms with E-state index in [0.29, 0.717) is 6.54 Å². The third-order valence-corrected chi connectivity index (χ3v) is 4.84. The predicted octanol–water partition coefficient (Wildman–Crippen LogP) is 1.75. The molecule has 0 aromatic carbocycles. The lowest BCUT2D eigenvalue weighted by Gasteiger charge is -2.48. The monoisotopic (exact) mass is 454 g/mol. The Balaban J connectivity index is 3.75. The highest BCUT2D eigenvalue weighted by molar-refractivity contribution is 6.02. The molecule has 0 aliphatic carbocycles. The summed E-state index contributed by atoms with van der Waals surface area (Å²) in [5.41, 5.74) is 0.0150. The maximum absolute atomic E-state index is 12.9. The van der Waals surface area contributed by atoms with Crippen molar-refractivity contribution in [3.05, 3.63) is 23.0 Å². The van der Waals surface area contributed by atoms with Crippen molar-refractivity contribution in [2.75, 3.05) is 33.0 Å². The van der Waals surface area contributed by atoms with Crippen molar-refractivity contribution in [3.8, 4) is 0 Å². The fourth-order valence-corrected chi connectivity index (χ4v) is 3.63. The average Bonchev–Trinajstić information content (AvgIpc) is 2.73. The Morgan fingerprint density at radius 2 is 1.34 bits per heavy atom. The van der Waals surface area contributed by atoms with Crippen molar-refractivity contribution in [1.29, 1.82) is 0 Å². The number of hydrogen-bond acceptors (Lipinski definition) is 10. The minimum absolute atomic E-state index is 0.0318. The molecule has 0 bridgehead atoms. The van der Waals surface area contributed by atoms with E-state index >= 15 is 0 Å². The van der Waals surface area contributed by atoms with E-state index < -0.39 is 36.1 Å². The van der Waals surface area contributed by atoms with Crippen molar-refractivity contribution >= 4 is 23.9 Å². The van der Waals surface area contributed by atoms with Crippen molar-refractivity contribution in [2.45, 2.75) is 60.7 Å². The normalized spacial score (nSPS) is 18.9. The van der Waals surface area contributed by atoms with Crippen LogP contribution in [0.5, 0.6) is 0 Å². The second-order valence-electron chi connectivity index (χ2n) is 6.71. The minimum atomic E-state index is -0.809. The topological polar surface area (TPSA) is 112 Å². The Morgan fingerprint density at radius 3 is 1.84 bits per heavy atom. The van der Waals surface area contributed by atoms with E-state index in [1.165, 1.54) is 0 Å². The van der Waals surface area contributed by atoms with Gasteiger partial charge in [0.25, 0.3) is 0 Å². The van der Waals surface area contributed by atoms with Crippen LogP contribution >= 0.6 is 0 Å². The van der Waals surface area contributed by atoms with Crippen molar-refractivity contribution in [1.82, 2.24) is 9.80 Å². The first-order chi connectivity index (χ1) is 15.2. The molecule has 0 fully saturated rings. The first-order valence-electron chi connectivity index (χ1n) is 10.9. The number of ether oxygens (including phenoxy) is 4. The molecule has 0 aromatic rings. The molecule has 0 saturated heterocycles. The van der Waals surface area contributed by atoms with Crippen LogP contribution in [-0.2, 0) is 38.1 Å². The van der Waals surface area contributed by atoms with Gasteiger partial charge in [0.2, 0.25) is 0 Å². The van der Waals surface area contributed by atoms with E-state index in [9.17, 15) is 19.2 Å². The van der Waals surface area contributed by atoms with Gasteiger partial charge in [-0.05, 0) is 48.5 Å². The van der Waals surface area contributed by atoms with E-state index in [2.05, 4.69) is 0 Å². The lowest BCUT2D eigenvalue weighted by Crippen LogP contribution is -2.58. The largest absolute Gasteiger partial charge is 0.463 e. The van der Waals surface area contributed by atoms with E-state index in [1.807, 2.05) is 0 Å². The molecule has 2 atom stereocenters. The van der Waals surface area contributed by atoms with Crippen molar-refractivity contribution in [2.24, 2.45) is 0 Å². The Kier molecular flexibility index (Phi) is 10.7. The van der Waals surface area contributed by atoms with Gasteiger partial charge in [-0.2, -0.15) is 0 Å². The van der Waals surface area contributed by atoms with Crippen LogP contribution < -0.4 is 0 Å². The van der Waals surface area contributed by atoms with Gasteiger partial charge in [-0.15, -0.1) is 0 Å². The van der Waals surface area contributed by atoms with Crippen LogP contribution in [0.3, 0.4) is 0 Å². The fourth-order valence-electron chi connectivity index (χ4n) is 3.63. The molecule has 1 aliphatic rings. The van der Waals surface area contributed by atoms with Gasteiger partial charge >= 0.3 is 23.9 Å². The molecule has 1 rings (SSSR count). The predicted molar refractivity (Wildman–Crippen MR) is 115 cm³/mol. The van der Waals surface area contributed by atoms with E-state index in [4.69, 9.17) is 18.9 Å². The highest BCUT2D eigenvalue weighted by atomic mass is 16.5. The smallest absolute Gasteiger partial charge is 0.355 e. The lowest BCUT2D eigenvalue weighted by atomic mass is 9.97. The quantitative estimate of drug-likeness (QED) is 0.275. The number of hydrogen-bond donors (Lipinski definition) is 0. The molecule has 0 saturated carbocycles. The first kappa shape index (κ1) is 27.0. The van der Waals surface area contributed by atoms with Gasteiger partial charge in [0, 0.05) is 6.54 Å². The summed E-state index contributed by atoms with van der Waals surface area (Å²) in [4.78, 5) is 53.9. The fraction of sp³-hybridized carbons (Fsp3) is 0.636. The summed E-state index contributed by atoms with van der Waals surface area (Å²) in [7, 11) is 0. The van der Waals surface area contributed by atoms with Crippen LogP contribution in [0, 0.1) is 0 Å². The first-order valence-corrected chi connectivity index (χ1v) is 10.9. The number of esters is 4. The number of carbonyl (C=O) groups excluding carboxylic acids is 4. The Bertz CT molecular complexity index is 774. The molecule has 32 heavy (non-hydrogen) atoms. The zero-order chi connectivity index (χ0) is 24.4. The standard InChI is InChI=1S/C22H34N2O8/c1-8-23-15(7)24(16(20(26)30-10-3)13-17(25)29-9-2)14(6)18(21(27)31-11-4)19(23)22(28)32-12-5/h13-15H,8-12H2,1-7H3/b16-13-. The molecule has 2 unspecified atom stereocenters. The Labute approximate surface area is 189 Å². The van der Waals surface area contributed by atoms with Gasteiger partial charge in [0.05, 0.1) is 50.3 Å². The second-order valence-corrected chi connectivity index (χ2v) is 6.71. The molecule has 0 amide bonds. The highest BCUT2D eigenvalue weighted by Gasteiger charge is 2.45. The van der Waals surface area contributed by atoms with Crippen LogP contribution in [0.4, 0.5) is 0 Å². The van der Waals surface area contributed by atoms with Gasteiger partial charge in [-0.25, -0.2) is 19.2 Å². The Morgan fingerprint density at radius 1 is 0.812 bits per heavy atom. The maximum Gasteiger partial charge on any atom is 0.355 e. The summed E-state index contributed by atoms with van der Waals surface area (Å²) in [6.07, 6.45) is 0.443. The summed E-state index contributed by atoms with van der Waals surface area (Å²) in [6, 6.07) is -0.809. The van der Waals surface area contributed by atoms with E-state index in [0.717, 1.165) is 6.08 Å². The van der Waals surface area contributed by atoms with Crippen LogP contribution in [0.1, 0.15) is 48.5 Å². The number of rotatable bonds is 10. The van der Waals surface area contributed by atoms with Crippen LogP contribution in [-0.4, -0.2) is 78.9 Å². The van der Waals surface area contributed by atoms with E-state index in [1.54, 1.807) is 58.3 Å². The summed E-state index contributed by atoms with van der Waals surface area (Å²) in [5, 5.41) is 0. The molecule has 0 spiro atoms. The Hall–Kier alpha value is -3.04. The van der Waals surface area contributed by atoms with Gasteiger partial charge in [0.15, 0.2) is 0 Å². The third-order valence-electron chi connectivity index (χ3n) is 4.84. The van der Waals surface area contributed by atoms with Gasteiger partial charge in [0.1, 0.15) is 11.4 Å². The zero-order valence-electron chi connectivity index (χ0n) is 19.9. The lowest BCUT2D eigenvalue weighted by molar-refractivity contribution is -0.148. The van der Waals surface area contributed by atoms with E-state index in [-0.39, 0.29) is 43.4 Å².